The molecule has 0 aliphatic heterocycles. The number of amides is 2. The number of rotatable bonds is 7. The fraction of sp³-hybridized carbons (Fsp3) is 0.0500. The predicted molar refractivity (Wildman–Crippen MR) is 106 cm³/mol. The van der Waals surface area contributed by atoms with Crippen LogP contribution >= 0.6 is 11.8 Å². The van der Waals surface area contributed by atoms with Crippen LogP contribution in [0, 0.1) is 5.82 Å². The summed E-state index contributed by atoms with van der Waals surface area (Å²) >= 11 is 1.26. The van der Waals surface area contributed by atoms with Crippen molar-refractivity contribution in [1.29, 1.82) is 0 Å². The summed E-state index contributed by atoms with van der Waals surface area (Å²) in [7, 11) is 0. The van der Waals surface area contributed by atoms with E-state index in [2.05, 4.69) is 28.3 Å². The molecule has 3 rings (SSSR count). The summed E-state index contributed by atoms with van der Waals surface area (Å²) in [5.41, 5.74) is 1.25. The highest BCUT2D eigenvalue weighted by Gasteiger charge is 2.21. The highest BCUT2D eigenvalue weighted by molar-refractivity contribution is 7.98. The summed E-state index contributed by atoms with van der Waals surface area (Å²) in [6.45, 7) is 6.77. The van der Waals surface area contributed by atoms with E-state index in [0.29, 0.717) is 16.5 Å². The van der Waals surface area contributed by atoms with Crippen LogP contribution in [0.15, 0.2) is 77.5 Å². The second-order valence-corrected chi connectivity index (χ2v) is 6.54. The van der Waals surface area contributed by atoms with Gasteiger partial charge < -0.3 is 4.42 Å². The third-order valence-corrected chi connectivity index (χ3v) is 4.56. The first-order chi connectivity index (χ1) is 14.0. The highest BCUT2D eigenvalue weighted by atomic mass is 32.2. The van der Waals surface area contributed by atoms with Crippen molar-refractivity contribution in [3.05, 3.63) is 79.3 Å². The zero-order valence-corrected chi connectivity index (χ0v) is 15.9. The highest BCUT2D eigenvalue weighted by Crippen LogP contribution is 2.27. The first-order valence-corrected chi connectivity index (χ1v) is 9.30. The molecule has 0 N–H and O–H groups in total. The molecule has 0 unspecified atom stereocenters. The zero-order valence-electron chi connectivity index (χ0n) is 15.1. The maximum Gasteiger partial charge on any atom is 0.277 e. The Balaban J connectivity index is 1.80. The quantitative estimate of drug-likeness (QED) is 0.432. The molecule has 2 aromatic heterocycles. The number of hydrogen-bond donors (Lipinski definition) is 0. The molecule has 7 nitrogen and oxygen atoms in total. The molecule has 2 heterocycles. The molecule has 0 aliphatic carbocycles. The minimum atomic E-state index is -0.642. The first-order valence-electron chi connectivity index (χ1n) is 8.32. The average molecular weight is 410 g/mol. The van der Waals surface area contributed by atoms with E-state index in [1.165, 1.54) is 36.2 Å². The number of nitrogens with zero attached hydrogens (tertiary/aromatic N) is 4. The Labute approximate surface area is 170 Å². The summed E-state index contributed by atoms with van der Waals surface area (Å²) < 4.78 is 18.9. The SMILES string of the molecule is C=CC(=O)N(C(=O)C=C)c1cc(-c2nnc(SCc3cccc(F)c3)o2)ccn1. The zero-order chi connectivity index (χ0) is 20.8. The van der Waals surface area contributed by atoms with Gasteiger partial charge in [-0.25, -0.2) is 14.3 Å². The molecule has 0 saturated heterocycles. The lowest BCUT2D eigenvalue weighted by Crippen LogP contribution is -2.35. The Bertz CT molecular complexity index is 1060. The van der Waals surface area contributed by atoms with E-state index < -0.39 is 11.8 Å². The number of anilines is 1. The second kappa shape index (κ2) is 9.07. The molecular weight excluding hydrogens is 395 g/mol. The number of carbonyl (C=O) groups excluding carboxylic acids is 2. The molecule has 146 valence electrons. The van der Waals surface area contributed by atoms with Crippen molar-refractivity contribution in [2.24, 2.45) is 0 Å². The smallest absolute Gasteiger partial charge is 0.277 e. The van der Waals surface area contributed by atoms with Gasteiger partial charge in [0.05, 0.1) is 0 Å². The van der Waals surface area contributed by atoms with E-state index in [0.717, 1.165) is 22.6 Å². The van der Waals surface area contributed by atoms with E-state index >= 15 is 0 Å². The van der Waals surface area contributed by atoms with Crippen molar-refractivity contribution in [2.45, 2.75) is 11.0 Å². The number of aromatic nitrogens is 3. The van der Waals surface area contributed by atoms with Gasteiger partial charge in [-0.1, -0.05) is 37.1 Å². The van der Waals surface area contributed by atoms with Crippen LogP contribution in [-0.2, 0) is 15.3 Å². The molecule has 2 amide bonds. The summed E-state index contributed by atoms with van der Waals surface area (Å²) in [5, 5.41) is 8.23. The van der Waals surface area contributed by atoms with Gasteiger partial charge in [0.1, 0.15) is 11.6 Å². The molecule has 0 aliphatic rings. The molecular formula is C20H15FN4O3S. The van der Waals surface area contributed by atoms with Gasteiger partial charge in [0.15, 0.2) is 0 Å². The van der Waals surface area contributed by atoms with Crippen LogP contribution in [0.25, 0.3) is 11.5 Å². The molecule has 9 heteroatoms. The summed E-state index contributed by atoms with van der Waals surface area (Å²) in [4.78, 5) is 28.9. The van der Waals surface area contributed by atoms with Gasteiger partial charge >= 0.3 is 0 Å². The molecule has 0 atom stereocenters. The molecule has 0 fully saturated rings. The number of pyridine rings is 1. The van der Waals surface area contributed by atoms with E-state index in [1.54, 1.807) is 18.2 Å². The molecule has 1 aromatic carbocycles. The Morgan fingerprint density at radius 3 is 2.59 bits per heavy atom. The van der Waals surface area contributed by atoms with Crippen molar-refractivity contribution in [3.8, 4) is 11.5 Å². The number of thioether (sulfide) groups is 1. The Morgan fingerprint density at radius 1 is 1.14 bits per heavy atom. The molecule has 0 saturated carbocycles. The van der Waals surface area contributed by atoms with Gasteiger partial charge in [-0.15, -0.1) is 10.2 Å². The van der Waals surface area contributed by atoms with Crippen LogP contribution in [0.1, 0.15) is 5.56 Å². The summed E-state index contributed by atoms with van der Waals surface area (Å²) in [5.74, 6) is -0.882. The maximum absolute atomic E-state index is 13.3. The Hall–Kier alpha value is -3.59. The Kier molecular flexibility index (Phi) is 6.30. The standard InChI is InChI=1S/C20H15FN4O3S/c1-3-17(26)25(18(27)4-2)16-11-14(8-9-22-16)19-23-24-20(28-19)29-12-13-6-5-7-15(21)10-13/h3-11H,1-2,12H2. The number of hydrogen-bond acceptors (Lipinski definition) is 7. The van der Waals surface area contributed by atoms with Crippen LogP contribution < -0.4 is 4.90 Å². The van der Waals surface area contributed by atoms with Crippen molar-refractivity contribution < 1.29 is 18.4 Å². The van der Waals surface area contributed by atoms with Crippen molar-refractivity contribution in [1.82, 2.24) is 15.2 Å². The van der Waals surface area contributed by atoms with Gasteiger partial charge in [0, 0.05) is 17.5 Å². The third-order valence-electron chi connectivity index (χ3n) is 3.67. The van der Waals surface area contributed by atoms with Gasteiger partial charge in [0.2, 0.25) is 5.89 Å². The third kappa shape index (κ3) is 4.82. The monoisotopic (exact) mass is 410 g/mol. The average Bonchev–Trinajstić information content (AvgIpc) is 3.21. The normalized spacial score (nSPS) is 10.4. The van der Waals surface area contributed by atoms with Crippen LogP contribution in [0.5, 0.6) is 0 Å². The molecule has 29 heavy (non-hydrogen) atoms. The fourth-order valence-electron chi connectivity index (χ4n) is 2.35. The number of imide groups is 1. The topological polar surface area (TPSA) is 89.2 Å². The summed E-state index contributed by atoms with van der Waals surface area (Å²) in [6.07, 6.45) is 3.42. The van der Waals surface area contributed by atoms with Crippen LogP contribution in [0.3, 0.4) is 0 Å². The van der Waals surface area contributed by atoms with Crippen molar-refractivity contribution >= 4 is 29.4 Å². The van der Waals surface area contributed by atoms with Crippen LogP contribution in [0.2, 0.25) is 0 Å². The van der Waals surface area contributed by atoms with Gasteiger partial charge in [-0.2, -0.15) is 0 Å². The molecule has 0 bridgehead atoms. The maximum atomic E-state index is 13.3. The lowest BCUT2D eigenvalue weighted by Gasteiger charge is -2.16. The van der Waals surface area contributed by atoms with E-state index in [9.17, 15) is 14.0 Å². The molecule has 3 aromatic rings. The van der Waals surface area contributed by atoms with Crippen LogP contribution in [0.4, 0.5) is 10.2 Å². The van der Waals surface area contributed by atoms with E-state index in [1.807, 2.05) is 0 Å². The minimum Gasteiger partial charge on any atom is -0.411 e. The van der Waals surface area contributed by atoms with E-state index in [-0.39, 0.29) is 17.5 Å². The predicted octanol–water partition coefficient (Wildman–Crippen LogP) is 3.79. The minimum absolute atomic E-state index is 0.0736. The Morgan fingerprint density at radius 2 is 1.90 bits per heavy atom. The lowest BCUT2D eigenvalue weighted by molar-refractivity contribution is -0.121. The first kappa shape index (κ1) is 20.2. The number of carbonyl (C=O) groups is 2. The second-order valence-electron chi connectivity index (χ2n) is 5.61. The lowest BCUT2D eigenvalue weighted by atomic mass is 10.2. The van der Waals surface area contributed by atoms with Gasteiger partial charge in [-0.3, -0.25) is 9.59 Å². The molecule has 0 spiro atoms. The molecule has 0 radical (unpaired) electrons. The van der Waals surface area contributed by atoms with Crippen LogP contribution in [-0.4, -0.2) is 27.0 Å². The van der Waals surface area contributed by atoms with Gasteiger partial charge in [0.25, 0.3) is 17.0 Å². The number of halogens is 1. The number of benzene rings is 1. The largest absolute Gasteiger partial charge is 0.411 e. The van der Waals surface area contributed by atoms with E-state index in [4.69, 9.17) is 4.42 Å². The fourth-order valence-corrected chi connectivity index (χ4v) is 3.05. The van der Waals surface area contributed by atoms with Crippen molar-refractivity contribution in [3.63, 3.8) is 0 Å². The van der Waals surface area contributed by atoms with Gasteiger partial charge in [-0.05, 0) is 42.0 Å². The summed E-state index contributed by atoms with van der Waals surface area (Å²) in [6, 6.07) is 9.30. The van der Waals surface area contributed by atoms with Crippen molar-refractivity contribution in [2.75, 3.05) is 4.90 Å².